The summed E-state index contributed by atoms with van der Waals surface area (Å²) in [4.78, 5) is 11.8. The minimum Gasteiger partial charge on any atom is -0.322 e. The zero-order valence-corrected chi connectivity index (χ0v) is 10.4. The average Bonchev–Trinajstić information content (AvgIpc) is 2.92. The molecule has 18 heavy (non-hydrogen) atoms. The molecule has 5 nitrogen and oxygen atoms in total. The van der Waals surface area contributed by atoms with E-state index in [0.717, 1.165) is 5.69 Å². The van der Waals surface area contributed by atoms with Crippen LogP contribution in [0.15, 0.2) is 36.7 Å². The predicted molar refractivity (Wildman–Crippen MR) is 70.5 cm³/mol. The van der Waals surface area contributed by atoms with Crippen molar-refractivity contribution in [3.05, 3.63) is 47.8 Å². The zero-order valence-electron chi connectivity index (χ0n) is 10.4. The number of anilines is 1. The second-order valence-electron chi connectivity index (χ2n) is 4.07. The average molecular weight is 244 g/mol. The van der Waals surface area contributed by atoms with E-state index < -0.39 is 0 Å². The third-order valence-electron chi connectivity index (χ3n) is 2.86. The lowest BCUT2D eigenvalue weighted by Gasteiger charge is -2.11. The topological polar surface area (TPSA) is 69.8 Å². The highest BCUT2D eigenvalue weighted by Gasteiger charge is 2.07. The van der Waals surface area contributed by atoms with Crippen LogP contribution in [0, 0.1) is 0 Å². The van der Waals surface area contributed by atoms with Crippen LogP contribution in [0.25, 0.3) is 0 Å². The Hall–Kier alpha value is -2.14. The van der Waals surface area contributed by atoms with Gasteiger partial charge < -0.3 is 10.6 Å². The molecule has 2 rings (SSSR count). The maximum Gasteiger partial charge on any atom is 0.258 e. The molecule has 0 radical (unpaired) electrons. The number of nitrogens with zero attached hydrogens (tertiary/aromatic N) is 1. The molecule has 0 aliphatic heterocycles. The van der Waals surface area contributed by atoms with Gasteiger partial charge in [-0.3, -0.25) is 9.89 Å². The SMILES string of the molecule is CNC(C)c1ccc(NC(=O)c2cn[nH]c2)cc1. The number of hydrogen-bond donors (Lipinski definition) is 3. The van der Waals surface area contributed by atoms with Gasteiger partial charge in [0.05, 0.1) is 11.8 Å². The van der Waals surface area contributed by atoms with Crippen molar-refractivity contribution < 1.29 is 4.79 Å². The zero-order chi connectivity index (χ0) is 13.0. The van der Waals surface area contributed by atoms with Crippen molar-refractivity contribution >= 4 is 11.6 Å². The number of carbonyl (C=O) groups excluding carboxylic acids is 1. The summed E-state index contributed by atoms with van der Waals surface area (Å²) in [5.74, 6) is -0.168. The Labute approximate surface area is 106 Å². The van der Waals surface area contributed by atoms with Gasteiger partial charge in [0.1, 0.15) is 0 Å². The second-order valence-corrected chi connectivity index (χ2v) is 4.07. The van der Waals surface area contributed by atoms with Gasteiger partial charge in [0.25, 0.3) is 5.91 Å². The van der Waals surface area contributed by atoms with Gasteiger partial charge in [-0.25, -0.2) is 0 Å². The summed E-state index contributed by atoms with van der Waals surface area (Å²) in [6.07, 6.45) is 3.06. The normalized spacial score (nSPS) is 12.1. The first kappa shape index (κ1) is 12.3. The number of benzene rings is 1. The first-order valence-corrected chi connectivity index (χ1v) is 5.78. The summed E-state index contributed by atoms with van der Waals surface area (Å²) >= 11 is 0. The molecular weight excluding hydrogens is 228 g/mol. The molecule has 0 aliphatic rings. The molecule has 0 saturated carbocycles. The van der Waals surface area contributed by atoms with Gasteiger partial charge in [-0.2, -0.15) is 5.10 Å². The molecule has 3 N–H and O–H groups in total. The molecule has 5 heteroatoms. The Balaban J connectivity index is 2.04. The lowest BCUT2D eigenvalue weighted by molar-refractivity contribution is 0.102. The summed E-state index contributed by atoms with van der Waals surface area (Å²) in [7, 11) is 1.92. The van der Waals surface area contributed by atoms with Crippen LogP contribution in [-0.2, 0) is 0 Å². The van der Waals surface area contributed by atoms with Crippen LogP contribution in [0.2, 0.25) is 0 Å². The maximum atomic E-state index is 11.8. The van der Waals surface area contributed by atoms with Crippen LogP contribution in [0.3, 0.4) is 0 Å². The molecule has 0 bridgehead atoms. The number of rotatable bonds is 4. The highest BCUT2D eigenvalue weighted by atomic mass is 16.1. The highest BCUT2D eigenvalue weighted by molar-refractivity contribution is 6.03. The third kappa shape index (κ3) is 2.75. The third-order valence-corrected chi connectivity index (χ3v) is 2.86. The van der Waals surface area contributed by atoms with Gasteiger partial charge in [0, 0.05) is 17.9 Å². The van der Waals surface area contributed by atoms with Crippen LogP contribution >= 0.6 is 0 Å². The minimum atomic E-state index is -0.168. The lowest BCUT2D eigenvalue weighted by atomic mass is 10.1. The number of carbonyl (C=O) groups is 1. The van der Waals surface area contributed by atoms with E-state index in [0.29, 0.717) is 11.6 Å². The van der Waals surface area contributed by atoms with E-state index in [4.69, 9.17) is 0 Å². The van der Waals surface area contributed by atoms with E-state index in [1.54, 1.807) is 6.20 Å². The molecule has 1 heterocycles. The van der Waals surface area contributed by atoms with Crippen LogP contribution in [0.4, 0.5) is 5.69 Å². The number of aromatic amines is 1. The van der Waals surface area contributed by atoms with Gasteiger partial charge in [-0.1, -0.05) is 12.1 Å². The molecule has 0 saturated heterocycles. The first-order valence-electron chi connectivity index (χ1n) is 5.78. The van der Waals surface area contributed by atoms with Gasteiger partial charge in [-0.15, -0.1) is 0 Å². The molecule has 1 unspecified atom stereocenters. The van der Waals surface area contributed by atoms with Crippen molar-refractivity contribution in [1.29, 1.82) is 0 Å². The molecule has 1 aromatic heterocycles. The Morgan fingerprint density at radius 1 is 1.33 bits per heavy atom. The summed E-state index contributed by atoms with van der Waals surface area (Å²) in [6.45, 7) is 2.08. The highest BCUT2D eigenvalue weighted by Crippen LogP contribution is 2.16. The molecule has 0 fully saturated rings. The van der Waals surface area contributed by atoms with Crippen LogP contribution < -0.4 is 10.6 Å². The fraction of sp³-hybridized carbons (Fsp3) is 0.231. The van der Waals surface area contributed by atoms with E-state index in [2.05, 4.69) is 27.8 Å². The molecule has 1 amide bonds. The number of amides is 1. The van der Waals surface area contributed by atoms with Gasteiger partial charge in [0.2, 0.25) is 0 Å². The Kier molecular flexibility index (Phi) is 3.74. The number of aromatic nitrogens is 2. The van der Waals surface area contributed by atoms with Crippen molar-refractivity contribution in [3.63, 3.8) is 0 Å². The van der Waals surface area contributed by atoms with Crippen LogP contribution in [0.5, 0.6) is 0 Å². The molecule has 0 spiro atoms. The van der Waals surface area contributed by atoms with E-state index >= 15 is 0 Å². The molecule has 2 aromatic rings. The van der Waals surface area contributed by atoms with Crippen molar-refractivity contribution in [2.75, 3.05) is 12.4 Å². The van der Waals surface area contributed by atoms with E-state index in [9.17, 15) is 4.79 Å². The number of H-pyrrole nitrogens is 1. The van der Waals surface area contributed by atoms with E-state index in [1.165, 1.54) is 11.8 Å². The Bertz CT molecular complexity index is 504. The fourth-order valence-corrected chi connectivity index (χ4v) is 1.60. The smallest absolute Gasteiger partial charge is 0.258 e. The quantitative estimate of drug-likeness (QED) is 0.769. The number of hydrogen-bond acceptors (Lipinski definition) is 3. The summed E-state index contributed by atoms with van der Waals surface area (Å²) < 4.78 is 0. The van der Waals surface area contributed by atoms with Gasteiger partial charge in [-0.05, 0) is 31.7 Å². The van der Waals surface area contributed by atoms with E-state index in [-0.39, 0.29) is 5.91 Å². The molecule has 1 atom stereocenters. The fourth-order valence-electron chi connectivity index (χ4n) is 1.60. The maximum absolute atomic E-state index is 11.8. The molecular formula is C13H16N4O. The van der Waals surface area contributed by atoms with Gasteiger partial charge >= 0.3 is 0 Å². The van der Waals surface area contributed by atoms with Crippen molar-refractivity contribution in [3.8, 4) is 0 Å². The summed E-state index contributed by atoms with van der Waals surface area (Å²) in [5.41, 5.74) is 2.47. The molecule has 1 aromatic carbocycles. The summed E-state index contributed by atoms with van der Waals surface area (Å²) in [5, 5.41) is 12.3. The van der Waals surface area contributed by atoms with Crippen molar-refractivity contribution in [2.45, 2.75) is 13.0 Å². The van der Waals surface area contributed by atoms with Crippen molar-refractivity contribution in [2.24, 2.45) is 0 Å². The number of nitrogens with one attached hydrogen (secondary N) is 3. The summed E-state index contributed by atoms with van der Waals surface area (Å²) in [6, 6.07) is 8.06. The second kappa shape index (κ2) is 5.46. The van der Waals surface area contributed by atoms with Gasteiger partial charge in [0.15, 0.2) is 0 Å². The van der Waals surface area contributed by atoms with Crippen LogP contribution in [0.1, 0.15) is 28.9 Å². The minimum absolute atomic E-state index is 0.168. The monoisotopic (exact) mass is 244 g/mol. The molecule has 94 valence electrons. The predicted octanol–water partition coefficient (Wildman–Crippen LogP) is 1.94. The first-order chi connectivity index (χ1) is 8.70. The van der Waals surface area contributed by atoms with Crippen molar-refractivity contribution in [1.82, 2.24) is 15.5 Å². The largest absolute Gasteiger partial charge is 0.322 e. The standard InChI is InChI=1S/C13H16N4O/c1-9(14-2)10-3-5-12(6-4-10)17-13(18)11-7-15-16-8-11/h3-9,14H,1-2H3,(H,15,16)(H,17,18). The van der Waals surface area contributed by atoms with E-state index in [1.807, 2.05) is 31.3 Å². The Morgan fingerprint density at radius 2 is 2.06 bits per heavy atom. The molecule has 0 aliphatic carbocycles. The Morgan fingerprint density at radius 3 is 2.61 bits per heavy atom. The van der Waals surface area contributed by atoms with Crippen LogP contribution in [-0.4, -0.2) is 23.2 Å². The lowest BCUT2D eigenvalue weighted by Crippen LogP contribution is -2.13.